The van der Waals surface area contributed by atoms with Crippen LogP contribution in [0.1, 0.15) is 16.7 Å². The lowest BCUT2D eigenvalue weighted by Crippen LogP contribution is -2.01. The van der Waals surface area contributed by atoms with Crippen LogP contribution < -0.4 is 5.32 Å². The lowest BCUT2D eigenvalue weighted by atomic mass is 10.1. The fourth-order valence-electron chi connectivity index (χ4n) is 1.62. The zero-order chi connectivity index (χ0) is 11.5. The first-order chi connectivity index (χ1) is 7.65. The minimum atomic E-state index is 0.818. The Kier molecular flexibility index (Phi) is 2.95. The van der Waals surface area contributed by atoms with Gasteiger partial charge in [0.1, 0.15) is 5.82 Å². The summed E-state index contributed by atoms with van der Waals surface area (Å²) in [7, 11) is 1.92. The van der Waals surface area contributed by atoms with E-state index in [0.717, 1.165) is 12.4 Å². The SMILES string of the molecule is Cc1ccc(CNc2ccn(C)n2)cc1C. The van der Waals surface area contributed by atoms with Crippen LogP contribution in [0.4, 0.5) is 5.82 Å². The summed E-state index contributed by atoms with van der Waals surface area (Å²) in [5.41, 5.74) is 3.95. The predicted octanol–water partition coefficient (Wildman–Crippen LogP) is 2.65. The summed E-state index contributed by atoms with van der Waals surface area (Å²) in [4.78, 5) is 0. The highest BCUT2D eigenvalue weighted by Crippen LogP contribution is 2.11. The number of nitrogens with one attached hydrogen (secondary N) is 1. The van der Waals surface area contributed by atoms with E-state index < -0.39 is 0 Å². The van der Waals surface area contributed by atoms with E-state index in [1.807, 2.05) is 19.3 Å². The summed E-state index contributed by atoms with van der Waals surface area (Å²) < 4.78 is 1.79. The van der Waals surface area contributed by atoms with Crippen molar-refractivity contribution in [2.45, 2.75) is 20.4 Å². The van der Waals surface area contributed by atoms with Gasteiger partial charge in [-0.3, -0.25) is 4.68 Å². The molecule has 1 aromatic carbocycles. The van der Waals surface area contributed by atoms with E-state index in [-0.39, 0.29) is 0 Å². The summed E-state index contributed by atoms with van der Waals surface area (Å²) in [6.07, 6.45) is 1.93. The van der Waals surface area contributed by atoms with Gasteiger partial charge in [-0.25, -0.2) is 0 Å². The van der Waals surface area contributed by atoms with Gasteiger partial charge in [0.2, 0.25) is 0 Å². The van der Waals surface area contributed by atoms with Crippen LogP contribution in [-0.2, 0) is 13.6 Å². The molecule has 0 aliphatic carbocycles. The molecule has 1 aromatic heterocycles. The Morgan fingerprint density at radius 1 is 1.19 bits per heavy atom. The average Bonchev–Trinajstić information content (AvgIpc) is 2.66. The van der Waals surface area contributed by atoms with Crippen LogP contribution in [0.2, 0.25) is 0 Å². The molecule has 3 heteroatoms. The van der Waals surface area contributed by atoms with E-state index >= 15 is 0 Å². The Balaban J connectivity index is 2.02. The number of hydrogen-bond acceptors (Lipinski definition) is 2. The molecule has 84 valence electrons. The van der Waals surface area contributed by atoms with Gasteiger partial charge in [-0.15, -0.1) is 0 Å². The summed E-state index contributed by atoms with van der Waals surface area (Å²) >= 11 is 0. The van der Waals surface area contributed by atoms with Gasteiger partial charge in [0.25, 0.3) is 0 Å². The molecule has 0 bridgehead atoms. The first-order valence-corrected chi connectivity index (χ1v) is 5.45. The second-order valence-electron chi connectivity index (χ2n) is 4.15. The molecule has 0 atom stereocenters. The lowest BCUT2D eigenvalue weighted by molar-refractivity contribution is 0.768. The monoisotopic (exact) mass is 215 g/mol. The van der Waals surface area contributed by atoms with E-state index in [4.69, 9.17) is 0 Å². The highest BCUT2D eigenvalue weighted by atomic mass is 15.3. The van der Waals surface area contributed by atoms with Crippen LogP contribution in [0, 0.1) is 13.8 Å². The van der Waals surface area contributed by atoms with Crippen molar-refractivity contribution < 1.29 is 0 Å². The number of rotatable bonds is 3. The summed E-state index contributed by atoms with van der Waals surface area (Å²) in [5, 5.41) is 7.57. The van der Waals surface area contributed by atoms with Crippen LogP contribution >= 0.6 is 0 Å². The standard InChI is InChI=1S/C13H17N3/c1-10-4-5-12(8-11(10)2)9-14-13-6-7-16(3)15-13/h4-8H,9H2,1-3H3,(H,14,15). The first-order valence-electron chi connectivity index (χ1n) is 5.45. The van der Waals surface area contributed by atoms with Crippen LogP contribution in [0.15, 0.2) is 30.5 Å². The number of hydrogen-bond donors (Lipinski definition) is 1. The number of aryl methyl sites for hydroxylation is 3. The molecule has 0 fully saturated rings. The Labute approximate surface area is 96.1 Å². The maximum Gasteiger partial charge on any atom is 0.148 e. The third-order valence-electron chi connectivity index (χ3n) is 2.76. The van der Waals surface area contributed by atoms with Crippen molar-refractivity contribution in [3.05, 3.63) is 47.2 Å². The number of anilines is 1. The van der Waals surface area contributed by atoms with Crippen LogP contribution in [0.25, 0.3) is 0 Å². The average molecular weight is 215 g/mol. The highest BCUT2D eigenvalue weighted by Gasteiger charge is 1.98. The second kappa shape index (κ2) is 4.39. The fraction of sp³-hybridized carbons (Fsp3) is 0.308. The van der Waals surface area contributed by atoms with Crippen molar-refractivity contribution in [3.8, 4) is 0 Å². The third kappa shape index (κ3) is 2.42. The molecule has 2 rings (SSSR count). The van der Waals surface area contributed by atoms with E-state index in [1.54, 1.807) is 4.68 Å². The molecule has 0 radical (unpaired) electrons. The topological polar surface area (TPSA) is 29.9 Å². The van der Waals surface area contributed by atoms with Gasteiger partial charge >= 0.3 is 0 Å². The lowest BCUT2D eigenvalue weighted by Gasteiger charge is -2.06. The van der Waals surface area contributed by atoms with E-state index in [0.29, 0.717) is 0 Å². The predicted molar refractivity (Wildman–Crippen MR) is 66.5 cm³/mol. The molecule has 16 heavy (non-hydrogen) atoms. The van der Waals surface area contributed by atoms with Crippen LogP contribution in [0.5, 0.6) is 0 Å². The van der Waals surface area contributed by atoms with Crippen molar-refractivity contribution >= 4 is 5.82 Å². The maximum absolute atomic E-state index is 4.27. The van der Waals surface area contributed by atoms with Crippen molar-refractivity contribution in [2.24, 2.45) is 7.05 Å². The molecule has 0 saturated heterocycles. The third-order valence-corrected chi connectivity index (χ3v) is 2.76. The first kappa shape index (κ1) is 10.7. The van der Waals surface area contributed by atoms with Crippen molar-refractivity contribution in [1.29, 1.82) is 0 Å². The van der Waals surface area contributed by atoms with E-state index in [9.17, 15) is 0 Å². The molecule has 0 aliphatic rings. The van der Waals surface area contributed by atoms with E-state index in [2.05, 4.69) is 42.5 Å². The molecule has 0 saturated carbocycles. The summed E-state index contributed by atoms with van der Waals surface area (Å²) in [5.74, 6) is 0.917. The molecular formula is C13H17N3. The molecule has 3 nitrogen and oxygen atoms in total. The largest absolute Gasteiger partial charge is 0.365 e. The number of aromatic nitrogens is 2. The van der Waals surface area contributed by atoms with Gasteiger partial charge < -0.3 is 5.32 Å². The number of nitrogens with zero attached hydrogens (tertiary/aromatic N) is 2. The Morgan fingerprint density at radius 2 is 2.00 bits per heavy atom. The Hall–Kier alpha value is -1.77. The van der Waals surface area contributed by atoms with Gasteiger partial charge in [-0.1, -0.05) is 18.2 Å². The minimum absolute atomic E-state index is 0.818. The van der Waals surface area contributed by atoms with Crippen molar-refractivity contribution in [1.82, 2.24) is 9.78 Å². The van der Waals surface area contributed by atoms with E-state index in [1.165, 1.54) is 16.7 Å². The summed E-state index contributed by atoms with van der Waals surface area (Å²) in [6, 6.07) is 8.50. The van der Waals surface area contributed by atoms with Crippen LogP contribution in [0.3, 0.4) is 0 Å². The molecule has 1 heterocycles. The van der Waals surface area contributed by atoms with Gasteiger partial charge in [-0.2, -0.15) is 5.10 Å². The number of benzene rings is 1. The zero-order valence-electron chi connectivity index (χ0n) is 9.99. The molecule has 0 aliphatic heterocycles. The van der Waals surface area contributed by atoms with Gasteiger partial charge in [0.15, 0.2) is 0 Å². The quantitative estimate of drug-likeness (QED) is 0.853. The van der Waals surface area contributed by atoms with Crippen LogP contribution in [-0.4, -0.2) is 9.78 Å². The van der Waals surface area contributed by atoms with Gasteiger partial charge in [0, 0.05) is 25.9 Å². The molecule has 2 aromatic rings. The molecule has 0 amide bonds. The molecule has 1 N–H and O–H groups in total. The molecular weight excluding hydrogens is 198 g/mol. The smallest absolute Gasteiger partial charge is 0.148 e. The summed E-state index contributed by atoms with van der Waals surface area (Å²) in [6.45, 7) is 5.09. The normalized spacial score (nSPS) is 10.4. The molecule has 0 unspecified atom stereocenters. The van der Waals surface area contributed by atoms with Crippen molar-refractivity contribution in [2.75, 3.05) is 5.32 Å². The van der Waals surface area contributed by atoms with Gasteiger partial charge in [0.05, 0.1) is 0 Å². The fourth-order valence-corrected chi connectivity index (χ4v) is 1.62. The molecule has 0 spiro atoms. The van der Waals surface area contributed by atoms with Gasteiger partial charge in [-0.05, 0) is 30.5 Å². The second-order valence-corrected chi connectivity index (χ2v) is 4.15. The minimum Gasteiger partial charge on any atom is -0.365 e. The van der Waals surface area contributed by atoms with Crippen molar-refractivity contribution in [3.63, 3.8) is 0 Å². The highest BCUT2D eigenvalue weighted by molar-refractivity contribution is 5.36. The maximum atomic E-state index is 4.27. The zero-order valence-corrected chi connectivity index (χ0v) is 9.99. The Bertz CT molecular complexity index is 486. The Morgan fingerprint density at radius 3 is 2.62 bits per heavy atom.